The largest absolute Gasteiger partial charge is 0.379 e. The minimum atomic E-state index is -3.58. The van der Waals surface area contributed by atoms with Crippen LogP contribution < -0.4 is 5.32 Å². The van der Waals surface area contributed by atoms with Crippen molar-refractivity contribution in [2.24, 2.45) is 0 Å². The van der Waals surface area contributed by atoms with Crippen LogP contribution in [0.2, 0.25) is 0 Å². The number of sulfonamides is 2. The van der Waals surface area contributed by atoms with Gasteiger partial charge in [-0.25, -0.2) is 16.8 Å². The zero-order valence-corrected chi connectivity index (χ0v) is 20.4. The van der Waals surface area contributed by atoms with Gasteiger partial charge in [0.2, 0.25) is 20.0 Å². The van der Waals surface area contributed by atoms with Crippen LogP contribution in [-0.4, -0.2) is 77.2 Å². The molecule has 2 aromatic rings. The zero-order chi connectivity index (χ0) is 24.1. The number of nitrogens with zero attached hydrogens (tertiary/aromatic N) is 2. The first-order chi connectivity index (χ1) is 15.7. The van der Waals surface area contributed by atoms with Gasteiger partial charge in [0, 0.05) is 37.4 Å². The Morgan fingerprint density at radius 1 is 0.909 bits per heavy atom. The highest BCUT2D eigenvalue weighted by Crippen LogP contribution is 2.20. The summed E-state index contributed by atoms with van der Waals surface area (Å²) in [5.41, 5.74) is 0.984. The van der Waals surface area contributed by atoms with E-state index in [2.05, 4.69) is 5.32 Å². The Balaban J connectivity index is 1.62. The monoisotopic (exact) mass is 495 g/mol. The average Bonchev–Trinajstić information content (AvgIpc) is 2.84. The maximum absolute atomic E-state index is 12.7. The third-order valence-electron chi connectivity index (χ3n) is 5.43. The van der Waals surface area contributed by atoms with Crippen LogP contribution in [0.1, 0.15) is 24.2 Å². The number of Topliss-reactive ketones (excluding diaryl/α,β-unsaturated/α-hetero) is 1. The van der Waals surface area contributed by atoms with E-state index in [0.717, 1.165) is 0 Å². The van der Waals surface area contributed by atoms with Gasteiger partial charge in [0.15, 0.2) is 5.78 Å². The van der Waals surface area contributed by atoms with Gasteiger partial charge in [-0.05, 0) is 48.5 Å². The van der Waals surface area contributed by atoms with E-state index in [9.17, 15) is 21.6 Å². The second kappa shape index (κ2) is 10.7. The van der Waals surface area contributed by atoms with Gasteiger partial charge in [0.05, 0.1) is 29.5 Å². The number of benzene rings is 2. The Hall–Kier alpha value is -2.31. The molecule has 1 fully saturated rings. The number of nitrogens with one attached hydrogen (secondary N) is 1. The van der Waals surface area contributed by atoms with Gasteiger partial charge >= 0.3 is 0 Å². The minimum Gasteiger partial charge on any atom is -0.379 e. The molecule has 33 heavy (non-hydrogen) atoms. The van der Waals surface area contributed by atoms with Gasteiger partial charge in [-0.2, -0.15) is 8.61 Å². The highest BCUT2D eigenvalue weighted by atomic mass is 32.2. The van der Waals surface area contributed by atoms with Crippen LogP contribution in [0.4, 0.5) is 5.69 Å². The van der Waals surface area contributed by atoms with Crippen molar-refractivity contribution in [1.82, 2.24) is 8.61 Å². The number of ketones is 1. The van der Waals surface area contributed by atoms with Crippen molar-refractivity contribution in [3.63, 3.8) is 0 Å². The van der Waals surface area contributed by atoms with Crippen molar-refractivity contribution in [2.75, 3.05) is 51.3 Å². The van der Waals surface area contributed by atoms with Crippen molar-refractivity contribution < 1.29 is 26.4 Å². The number of ether oxygens (including phenoxy) is 1. The van der Waals surface area contributed by atoms with Crippen molar-refractivity contribution in [2.45, 2.75) is 23.6 Å². The highest BCUT2D eigenvalue weighted by Gasteiger charge is 2.26. The first kappa shape index (κ1) is 25.3. The fraction of sp³-hybridized carbons (Fsp3) is 0.409. The quantitative estimate of drug-likeness (QED) is 0.502. The molecule has 0 aromatic heterocycles. The SMILES string of the molecule is CCN(CC)S(=O)(=O)c1ccc(C(=O)CNc2ccc(S(=O)(=O)N3CCOCC3)cc2)cc1. The Morgan fingerprint density at radius 2 is 1.45 bits per heavy atom. The molecule has 9 nitrogen and oxygen atoms in total. The molecule has 1 N–H and O–H groups in total. The van der Waals surface area contributed by atoms with E-state index in [1.807, 2.05) is 0 Å². The normalized spacial score (nSPS) is 15.5. The minimum absolute atomic E-state index is 0.0162. The molecule has 0 unspecified atom stereocenters. The summed E-state index contributed by atoms with van der Waals surface area (Å²) in [4.78, 5) is 12.9. The third-order valence-corrected chi connectivity index (χ3v) is 9.41. The Labute approximate surface area is 195 Å². The van der Waals surface area contributed by atoms with Crippen LogP contribution >= 0.6 is 0 Å². The first-order valence-corrected chi connectivity index (χ1v) is 13.6. The smallest absolute Gasteiger partial charge is 0.243 e. The number of carbonyl (C=O) groups excluding carboxylic acids is 1. The number of hydrogen-bond donors (Lipinski definition) is 1. The van der Waals surface area contributed by atoms with Gasteiger partial charge in [0.1, 0.15) is 0 Å². The molecular weight excluding hydrogens is 466 g/mol. The standard InChI is InChI=1S/C22H29N3O6S2/c1-3-24(4-2)32(27,28)20-9-5-18(6-10-20)22(26)17-23-19-7-11-21(12-8-19)33(29,30)25-13-15-31-16-14-25/h5-12,23H,3-4,13-17H2,1-2H3. The summed E-state index contributed by atoms with van der Waals surface area (Å²) in [7, 11) is -7.15. The van der Waals surface area contributed by atoms with E-state index in [4.69, 9.17) is 4.74 Å². The molecule has 1 heterocycles. The van der Waals surface area contributed by atoms with Crippen LogP contribution in [0.3, 0.4) is 0 Å². The lowest BCUT2D eigenvalue weighted by atomic mass is 10.1. The molecule has 0 aliphatic carbocycles. The number of hydrogen-bond acceptors (Lipinski definition) is 7. The van der Waals surface area contributed by atoms with Gasteiger partial charge in [-0.15, -0.1) is 0 Å². The maximum atomic E-state index is 12.7. The Bertz CT molecular complexity index is 1150. The lowest BCUT2D eigenvalue weighted by Crippen LogP contribution is -2.40. The summed E-state index contributed by atoms with van der Waals surface area (Å²) in [5, 5.41) is 2.98. The molecule has 1 aliphatic heterocycles. The van der Waals surface area contributed by atoms with Crippen LogP contribution in [0.25, 0.3) is 0 Å². The van der Waals surface area contributed by atoms with Gasteiger partial charge in [-0.3, -0.25) is 4.79 Å². The van der Waals surface area contributed by atoms with Crippen LogP contribution in [0.5, 0.6) is 0 Å². The molecule has 0 radical (unpaired) electrons. The number of carbonyl (C=O) groups is 1. The molecule has 0 atom stereocenters. The van der Waals surface area contributed by atoms with E-state index in [1.54, 1.807) is 26.0 Å². The maximum Gasteiger partial charge on any atom is 0.243 e. The summed E-state index contributed by atoms with van der Waals surface area (Å²) in [6, 6.07) is 12.1. The summed E-state index contributed by atoms with van der Waals surface area (Å²) < 4.78 is 58.4. The molecule has 1 aliphatic rings. The molecule has 0 amide bonds. The molecular formula is C22H29N3O6S2. The molecule has 0 saturated carbocycles. The summed E-state index contributed by atoms with van der Waals surface area (Å²) >= 11 is 0. The molecule has 11 heteroatoms. The van der Waals surface area contributed by atoms with Gasteiger partial charge < -0.3 is 10.1 Å². The molecule has 0 spiro atoms. The van der Waals surface area contributed by atoms with E-state index >= 15 is 0 Å². The van der Waals surface area contributed by atoms with Crippen molar-refractivity contribution in [1.29, 1.82) is 0 Å². The first-order valence-electron chi connectivity index (χ1n) is 10.8. The van der Waals surface area contributed by atoms with Crippen molar-refractivity contribution in [3.05, 3.63) is 54.1 Å². The van der Waals surface area contributed by atoms with E-state index in [1.165, 1.54) is 45.0 Å². The zero-order valence-electron chi connectivity index (χ0n) is 18.7. The molecule has 0 bridgehead atoms. The van der Waals surface area contributed by atoms with Gasteiger partial charge in [0.25, 0.3) is 0 Å². The molecule has 2 aromatic carbocycles. The lowest BCUT2D eigenvalue weighted by molar-refractivity contribution is 0.0730. The fourth-order valence-electron chi connectivity index (χ4n) is 3.49. The van der Waals surface area contributed by atoms with E-state index in [-0.39, 0.29) is 22.1 Å². The van der Waals surface area contributed by atoms with Crippen LogP contribution in [0, 0.1) is 0 Å². The topological polar surface area (TPSA) is 113 Å². The molecule has 1 saturated heterocycles. The molecule has 3 rings (SSSR count). The number of morpholine rings is 1. The van der Waals surface area contributed by atoms with Gasteiger partial charge in [-0.1, -0.05) is 13.8 Å². The molecule has 180 valence electrons. The highest BCUT2D eigenvalue weighted by molar-refractivity contribution is 7.89. The number of rotatable bonds is 10. The van der Waals surface area contributed by atoms with E-state index in [0.29, 0.717) is 50.6 Å². The predicted molar refractivity (Wildman–Crippen MR) is 125 cm³/mol. The van der Waals surface area contributed by atoms with Crippen LogP contribution in [-0.2, 0) is 24.8 Å². The summed E-state index contributed by atoms with van der Waals surface area (Å²) in [5.74, 6) is -0.216. The second-order valence-electron chi connectivity index (χ2n) is 7.43. The lowest BCUT2D eigenvalue weighted by Gasteiger charge is -2.26. The average molecular weight is 496 g/mol. The van der Waals surface area contributed by atoms with Crippen molar-refractivity contribution >= 4 is 31.5 Å². The fourth-order valence-corrected chi connectivity index (χ4v) is 6.36. The summed E-state index contributed by atoms with van der Waals surface area (Å²) in [6.45, 7) is 5.68. The predicted octanol–water partition coefficient (Wildman–Crippen LogP) is 2.03. The Morgan fingerprint density at radius 3 is 2.00 bits per heavy atom. The Kier molecular flexibility index (Phi) is 8.24. The van der Waals surface area contributed by atoms with Crippen LogP contribution in [0.15, 0.2) is 58.3 Å². The number of anilines is 1. The summed E-state index contributed by atoms with van der Waals surface area (Å²) in [6.07, 6.45) is 0. The second-order valence-corrected chi connectivity index (χ2v) is 11.3. The third kappa shape index (κ3) is 5.79. The van der Waals surface area contributed by atoms with E-state index < -0.39 is 20.0 Å². The van der Waals surface area contributed by atoms with Crippen molar-refractivity contribution in [3.8, 4) is 0 Å².